The predicted molar refractivity (Wildman–Crippen MR) is 97.2 cm³/mol. The summed E-state index contributed by atoms with van der Waals surface area (Å²) >= 11 is 0. The number of nitrogens with zero attached hydrogens (tertiary/aromatic N) is 1. The van der Waals surface area contributed by atoms with E-state index in [9.17, 15) is 4.79 Å². The van der Waals surface area contributed by atoms with Crippen molar-refractivity contribution in [3.8, 4) is 23.0 Å². The Morgan fingerprint density at radius 3 is 2.54 bits per heavy atom. The van der Waals surface area contributed by atoms with Crippen LogP contribution in [-0.4, -0.2) is 45.3 Å². The highest BCUT2D eigenvalue weighted by atomic mass is 16.5. The number of hydrogen-bond acceptors (Lipinski definition) is 5. The lowest BCUT2D eigenvalue weighted by Crippen LogP contribution is -2.34. The third-order valence-corrected chi connectivity index (χ3v) is 4.45. The zero-order chi connectivity index (χ0) is 18.5. The minimum absolute atomic E-state index is 0.0272. The summed E-state index contributed by atoms with van der Waals surface area (Å²) in [6.45, 7) is 1.14. The first-order valence-corrected chi connectivity index (χ1v) is 8.43. The number of fused-ring (bicyclic) bond motifs is 1. The van der Waals surface area contributed by atoms with E-state index in [1.807, 2.05) is 41.3 Å². The maximum absolute atomic E-state index is 12.4. The number of ether oxygens (including phenoxy) is 4. The molecule has 1 heterocycles. The fraction of sp³-hybridized carbons (Fsp3) is 0.350. The number of amides is 1. The van der Waals surface area contributed by atoms with Gasteiger partial charge in [-0.15, -0.1) is 0 Å². The zero-order valence-electron chi connectivity index (χ0n) is 15.3. The number of methoxy groups -OCH3 is 3. The van der Waals surface area contributed by atoms with Gasteiger partial charge in [-0.1, -0.05) is 6.07 Å². The molecule has 0 N–H and O–H groups in total. The summed E-state index contributed by atoms with van der Waals surface area (Å²) in [5.41, 5.74) is 2.02. The van der Waals surface area contributed by atoms with Crippen LogP contribution in [0.4, 0.5) is 0 Å². The number of carbonyl (C=O) groups excluding carboxylic acids is 1. The van der Waals surface area contributed by atoms with Crippen LogP contribution < -0.4 is 18.9 Å². The molecule has 138 valence electrons. The molecule has 0 bridgehead atoms. The van der Waals surface area contributed by atoms with Crippen molar-refractivity contribution in [2.75, 3.05) is 34.5 Å². The molecule has 2 aromatic rings. The summed E-state index contributed by atoms with van der Waals surface area (Å²) < 4.78 is 21.5. The number of rotatable bonds is 6. The molecular weight excluding hydrogens is 334 g/mol. The van der Waals surface area contributed by atoms with Crippen molar-refractivity contribution in [2.24, 2.45) is 0 Å². The van der Waals surface area contributed by atoms with E-state index in [0.717, 1.165) is 22.6 Å². The topological polar surface area (TPSA) is 57.2 Å². The van der Waals surface area contributed by atoms with Crippen molar-refractivity contribution < 1.29 is 23.7 Å². The van der Waals surface area contributed by atoms with Crippen molar-refractivity contribution in [2.45, 2.75) is 13.0 Å². The third-order valence-electron chi connectivity index (χ3n) is 4.45. The second-order valence-corrected chi connectivity index (χ2v) is 6.02. The Morgan fingerprint density at radius 1 is 1.00 bits per heavy atom. The minimum Gasteiger partial charge on any atom is -0.497 e. The van der Waals surface area contributed by atoms with Gasteiger partial charge < -0.3 is 23.8 Å². The standard InChI is InChI=1S/C20H23NO5/c1-23-16-5-7-17-15(11-16)12-21(20(22)13-26-17)9-8-14-4-6-18(24-2)19(10-14)25-3/h4-7,10-11H,8-9,12-13H2,1-3H3. The van der Waals surface area contributed by atoms with E-state index in [2.05, 4.69) is 0 Å². The Hall–Kier alpha value is -2.89. The van der Waals surface area contributed by atoms with Gasteiger partial charge in [0.05, 0.1) is 21.3 Å². The van der Waals surface area contributed by atoms with Crippen LogP contribution in [0.15, 0.2) is 36.4 Å². The molecule has 0 saturated carbocycles. The van der Waals surface area contributed by atoms with Crippen molar-refractivity contribution in [3.05, 3.63) is 47.5 Å². The van der Waals surface area contributed by atoms with Crippen molar-refractivity contribution >= 4 is 5.91 Å². The number of hydrogen-bond donors (Lipinski definition) is 0. The van der Waals surface area contributed by atoms with Crippen LogP contribution in [0.5, 0.6) is 23.0 Å². The van der Waals surface area contributed by atoms with Gasteiger partial charge >= 0.3 is 0 Å². The molecule has 6 heteroatoms. The maximum Gasteiger partial charge on any atom is 0.260 e. The first kappa shape index (κ1) is 17.9. The molecule has 0 aromatic heterocycles. The molecular formula is C20H23NO5. The SMILES string of the molecule is COc1ccc2c(c1)CN(CCc1ccc(OC)c(OC)c1)C(=O)CO2. The van der Waals surface area contributed by atoms with Crippen LogP contribution in [0, 0.1) is 0 Å². The molecule has 0 aliphatic carbocycles. The average Bonchev–Trinajstić information content (AvgIpc) is 2.84. The van der Waals surface area contributed by atoms with E-state index in [1.165, 1.54) is 0 Å². The summed E-state index contributed by atoms with van der Waals surface area (Å²) in [6, 6.07) is 11.4. The van der Waals surface area contributed by atoms with Crippen molar-refractivity contribution in [3.63, 3.8) is 0 Å². The second-order valence-electron chi connectivity index (χ2n) is 6.02. The van der Waals surface area contributed by atoms with Crippen LogP contribution >= 0.6 is 0 Å². The van der Waals surface area contributed by atoms with Crippen LogP contribution in [0.25, 0.3) is 0 Å². The first-order valence-electron chi connectivity index (χ1n) is 8.43. The summed E-state index contributed by atoms with van der Waals surface area (Å²) in [7, 11) is 4.85. The van der Waals surface area contributed by atoms with E-state index in [1.54, 1.807) is 21.3 Å². The van der Waals surface area contributed by atoms with Gasteiger partial charge in [0.1, 0.15) is 11.5 Å². The highest BCUT2D eigenvalue weighted by Gasteiger charge is 2.22. The van der Waals surface area contributed by atoms with Gasteiger partial charge in [0.15, 0.2) is 18.1 Å². The molecule has 26 heavy (non-hydrogen) atoms. The van der Waals surface area contributed by atoms with Crippen LogP contribution in [0.3, 0.4) is 0 Å². The monoisotopic (exact) mass is 357 g/mol. The molecule has 0 radical (unpaired) electrons. The lowest BCUT2D eigenvalue weighted by molar-refractivity contribution is -0.133. The molecule has 0 saturated heterocycles. The molecule has 1 amide bonds. The lowest BCUT2D eigenvalue weighted by atomic mass is 10.1. The van der Waals surface area contributed by atoms with Crippen molar-refractivity contribution in [1.29, 1.82) is 0 Å². The van der Waals surface area contributed by atoms with Gasteiger partial charge in [0, 0.05) is 18.7 Å². The van der Waals surface area contributed by atoms with Gasteiger partial charge in [-0.2, -0.15) is 0 Å². The Kier molecular flexibility index (Phi) is 5.51. The fourth-order valence-corrected chi connectivity index (χ4v) is 2.98. The highest BCUT2D eigenvalue weighted by Crippen LogP contribution is 2.29. The van der Waals surface area contributed by atoms with E-state index >= 15 is 0 Å². The quantitative estimate of drug-likeness (QED) is 0.796. The van der Waals surface area contributed by atoms with E-state index in [0.29, 0.717) is 31.0 Å². The second kappa shape index (κ2) is 7.99. The zero-order valence-corrected chi connectivity index (χ0v) is 15.3. The number of benzene rings is 2. The Balaban J connectivity index is 1.73. The predicted octanol–water partition coefficient (Wildman–Crippen LogP) is 2.68. The smallest absolute Gasteiger partial charge is 0.260 e. The van der Waals surface area contributed by atoms with Gasteiger partial charge in [-0.25, -0.2) is 0 Å². The molecule has 1 aliphatic rings. The molecule has 0 fully saturated rings. The average molecular weight is 357 g/mol. The normalized spacial score (nSPS) is 13.5. The molecule has 0 unspecified atom stereocenters. The first-order chi connectivity index (χ1) is 12.6. The van der Waals surface area contributed by atoms with Crippen molar-refractivity contribution in [1.82, 2.24) is 4.90 Å². The molecule has 6 nitrogen and oxygen atoms in total. The summed E-state index contributed by atoms with van der Waals surface area (Å²) in [6.07, 6.45) is 0.714. The summed E-state index contributed by atoms with van der Waals surface area (Å²) in [5.74, 6) is 2.83. The van der Waals surface area contributed by atoms with Gasteiger partial charge in [-0.05, 0) is 42.3 Å². The summed E-state index contributed by atoms with van der Waals surface area (Å²) in [5, 5.41) is 0. The molecule has 0 spiro atoms. The highest BCUT2D eigenvalue weighted by molar-refractivity contribution is 5.78. The lowest BCUT2D eigenvalue weighted by Gasteiger charge is -2.20. The van der Waals surface area contributed by atoms with Crippen LogP contribution in [0.2, 0.25) is 0 Å². The molecule has 3 rings (SSSR count). The maximum atomic E-state index is 12.4. The van der Waals surface area contributed by atoms with E-state index in [4.69, 9.17) is 18.9 Å². The minimum atomic E-state index is -0.0272. The largest absolute Gasteiger partial charge is 0.497 e. The fourth-order valence-electron chi connectivity index (χ4n) is 2.98. The summed E-state index contributed by atoms with van der Waals surface area (Å²) in [4.78, 5) is 14.2. The Labute approximate surface area is 153 Å². The molecule has 1 aliphatic heterocycles. The van der Waals surface area contributed by atoms with Crippen LogP contribution in [0.1, 0.15) is 11.1 Å². The van der Waals surface area contributed by atoms with E-state index < -0.39 is 0 Å². The van der Waals surface area contributed by atoms with Crippen LogP contribution in [-0.2, 0) is 17.8 Å². The molecule has 2 aromatic carbocycles. The Bertz CT molecular complexity index is 790. The van der Waals surface area contributed by atoms with E-state index in [-0.39, 0.29) is 12.5 Å². The Morgan fingerprint density at radius 2 is 1.81 bits per heavy atom. The van der Waals surface area contributed by atoms with Gasteiger partial charge in [0.2, 0.25) is 0 Å². The third kappa shape index (κ3) is 3.85. The number of carbonyl (C=O) groups is 1. The van der Waals surface area contributed by atoms with Gasteiger partial charge in [-0.3, -0.25) is 4.79 Å². The van der Waals surface area contributed by atoms with Gasteiger partial charge in [0.25, 0.3) is 5.91 Å². The molecule has 0 atom stereocenters.